The Balaban J connectivity index is 1.68. The summed E-state index contributed by atoms with van der Waals surface area (Å²) in [7, 11) is 0. The summed E-state index contributed by atoms with van der Waals surface area (Å²) in [6, 6.07) is 4.07. The van der Waals surface area contributed by atoms with Crippen LogP contribution in [0.5, 0.6) is 5.88 Å². The van der Waals surface area contributed by atoms with Crippen molar-refractivity contribution < 1.29 is 4.74 Å². The minimum absolute atomic E-state index is 0.611. The van der Waals surface area contributed by atoms with Gasteiger partial charge in [0, 0.05) is 12.0 Å². The molecule has 0 saturated heterocycles. The molecule has 1 aromatic rings. The van der Waals surface area contributed by atoms with Gasteiger partial charge in [-0.25, -0.2) is 0 Å². The quantitative estimate of drug-likeness (QED) is 0.564. The number of nitrogens with zero attached hydrogens (tertiary/aromatic N) is 2. The monoisotopic (exact) mass is 304 g/mol. The van der Waals surface area contributed by atoms with Crippen LogP contribution in [0.15, 0.2) is 12.1 Å². The standard InChI is InChI=1S/C19H32N2O/c1-3-5-6-7-8-9-16-10-12-17(13-11-16)18-14-15-19(21-20-18)22-4-2/h14-17H,3-13H2,1-2H3/t16-,17-. The fraction of sp³-hybridized carbons (Fsp3) is 0.789. The van der Waals surface area contributed by atoms with Gasteiger partial charge in [-0.15, -0.1) is 5.10 Å². The molecule has 1 heterocycles. The Morgan fingerprint density at radius 3 is 2.36 bits per heavy atom. The van der Waals surface area contributed by atoms with Gasteiger partial charge in [-0.2, -0.15) is 5.10 Å². The molecule has 0 N–H and O–H groups in total. The van der Waals surface area contributed by atoms with Crippen LogP contribution in [0.1, 0.15) is 89.7 Å². The Kier molecular flexibility index (Phi) is 7.68. The maximum atomic E-state index is 5.36. The van der Waals surface area contributed by atoms with E-state index >= 15 is 0 Å². The van der Waals surface area contributed by atoms with Gasteiger partial charge in [-0.1, -0.05) is 45.4 Å². The second-order valence-electron chi connectivity index (χ2n) is 6.65. The minimum atomic E-state index is 0.611. The molecule has 0 unspecified atom stereocenters. The van der Waals surface area contributed by atoms with Gasteiger partial charge in [0.25, 0.3) is 0 Å². The van der Waals surface area contributed by atoms with Crippen LogP contribution in [-0.2, 0) is 0 Å². The molecule has 1 aromatic heterocycles. The first-order valence-electron chi connectivity index (χ1n) is 9.29. The van der Waals surface area contributed by atoms with E-state index in [9.17, 15) is 0 Å². The molecule has 2 rings (SSSR count). The van der Waals surface area contributed by atoms with E-state index in [0.717, 1.165) is 11.6 Å². The Bertz CT molecular complexity index is 396. The smallest absolute Gasteiger partial charge is 0.233 e. The predicted octanol–water partition coefficient (Wildman–Crippen LogP) is 5.51. The zero-order valence-corrected chi connectivity index (χ0v) is 14.4. The summed E-state index contributed by atoms with van der Waals surface area (Å²) < 4.78 is 5.36. The third-order valence-corrected chi connectivity index (χ3v) is 4.93. The summed E-state index contributed by atoms with van der Waals surface area (Å²) in [5, 5.41) is 8.54. The molecule has 1 saturated carbocycles. The normalized spacial score (nSPS) is 21.7. The van der Waals surface area contributed by atoms with Crippen LogP contribution in [0.25, 0.3) is 0 Å². The Hall–Kier alpha value is -1.12. The molecule has 3 nitrogen and oxygen atoms in total. The van der Waals surface area contributed by atoms with E-state index in [-0.39, 0.29) is 0 Å². The molecule has 22 heavy (non-hydrogen) atoms. The molecule has 1 fully saturated rings. The summed E-state index contributed by atoms with van der Waals surface area (Å²) in [5.41, 5.74) is 1.16. The molecule has 0 atom stereocenters. The second kappa shape index (κ2) is 9.81. The predicted molar refractivity (Wildman–Crippen MR) is 91.3 cm³/mol. The first kappa shape index (κ1) is 17.2. The molecule has 0 aromatic carbocycles. The van der Waals surface area contributed by atoms with E-state index < -0.39 is 0 Å². The van der Waals surface area contributed by atoms with Crippen LogP contribution in [0.4, 0.5) is 0 Å². The number of ether oxygens (including phenoxy) is 1. The lowest BCUT2D eigenvalue weighted by Crippen LogP contribution is -2.14. The average molecular weight is 304 g/mol. The average Bonchev–Trinajstić information content (AvgIpc) is 2.56. The van der Waals surface area contributed by atoms with Crippen LogP contribution in [0.2, 0.25) is 0 Å². The van der Waals surface area contributed by atoms with E-state index in [1.165, 1.54) is 64.2 Å². The van der Waals surface area contributed by atoms with E-state index in [1.54, 1.807) is 0 Å². The van der Waals surface area contributed by atoms with Crippen molar-refractivity contribution >= 4 is 0 Å². The molecule has 0 bridgehead atoms. The topological polar surface area (TPSA) is 35.0 Å². The third-order valence-electron chi connectivity index (χ3n) is 4.93. The zero-order chi connectivity index (χ0) is 15.6. The van der Waals surface area contributed by atoms with Crippen LogP contribution < -0.4 is 4.74 Å². The van der Waals surface area contributed by atoms with Gasteiger partial charge in [0.05, 0.1) is 12.3 Å². The van der Waals surface area contributed by atoms with Gasteiger partial charge in [0.2, 0.25) is 5.88 Å². The van der Waals surface area contributed by atoms with Crippen LogP contribution in [0.3, 0.4) is 0 Å². The van der Waals surface area contributed by atoms with Crippen molar-refractivity contribution in [1.29, 1.82) is 0 Å². The van der Waals surface area contributed by atoms with Gasteiger partial charge in [-0.3, -0.25) is 0 Å². The lowest BCUT2D eigenvalue weighted by Gasteiger charge is -2.28. The highest BCUT2D eigenvalue weighted by Crippen LogP contribution is 2.37. The number of hydrogen-bond donors (Lipinski definition) is 0. The Labute approximate surface area is 135 Å². The summed E-state index contributed by atoms with van der Waals surface area (Å²) in [5.74, 6) is 2.21. The van der Waals surface area contributed by atoms with Gasteiger partial charge >= 0.3 is 0 Å². The van der Waals surface area contributed by atoms with Crippen molar-refractivity contribution in [3.8, 4) is 5.88 Å². The molecular formula is C19H32N2O. The minimum Gasteiger partial charge on any atom is -0.477 e. The van der Waals surface area contributed by atoms with Gasteiger partial charge in [0.15, 0.2) is 0 Å². The molecular weight excluding hydrogens is 272 g/mol. The van der Waals surface area contributed by atoms with Crippen molar-refractivity contribution in [2.45, 2.75) is 84.0 Å². The van der Waals surface area contributed by atoms with E-state index in [1.807, 2.05) is 13.0 Å². The second-order valence-corrected chi connectivity index (χ2v) is 6.65. The number of unbranched alkanes of at least 4 members (excludes halogenated alkanes) is 4. The Morgan fingerprint density at radius 2 is 1.73 bits per heavy atom. The summed E-state index contributed by atoms with van der Waals surface area (Å²) in [6.45, 7) is 4.90. The van der Waals surface area contributed by atoms with Crippen molar-refractivity contribution in [3.05, 3.63) is 17.8 Å². The largest absolute Gasteiger partial charge is 0.477 e. The van der Waals surface area contributed by atoms with Gasteiger partial charge < -0.3 is 4.74 Å². The number of rotatable bonds is 9. The maximum Gasteiger partial charge on any atom is 0.233 e. The molecule has 1 aliphatic rings. The molecule has 0 radical (unpaired) electrons. The van der Waals surface area contributed by atoms with Crippen LogP contribution in [-0.4, -0.2) is 16.8 Å². The lowest BCUT2D eigenvalue weighted by molar-refractivity contribution is 0.295. The first-order chi connectivity index (χ1) is 10.8. The number of aromatic nitrogens is 2. The highest BCUT2D eigenvalue weighted by atomic mass is 16.5. The van der Waals surface area contributed by atoms with Gasteiger partial charge in [-0.05, 0) is 44.6 Å². The molecule has 1 aliphatic carbocycles. The SMILES string of the molecule is CCCCCCC[C@H]1CC[C@H](c2ccc(OCC)nn2)CC1. The molecule has 3 heteroatoms. The van der Waals surface area contributed by atoms with Crippen molar-refractivity contribution in [2.75, 3.05) is 6.61 Å². The molecule has 0 aliphatic heterocycles. The third kappa shape index (κ3) is 5.58. The van der Waals surface area contributed by atoms with Crippen molar-refractivity contribution in [1.82, 2.24) is 10.2 Å². The van der Waals surface area contributed by atoms with E-state index in [0.29, 0.717) is 18.4 Å². The highest BCUT2D eigenvalue weighted by molar-refractivity contribution is 5.15. The molecule has 0 spiro atoms. The lowest BCUT2D eigenvalue weighted by atomic mass is 9.78. The van der Waals surface area contributed by atoms with E-state index in [2.05, 4.69) is 23.2 Å². The van der Waals surface area contributed by atoms with Crippen molar-refractivity contribution in [3.63, 3.8) is 0 Å². The molecule has 124 valence electrons. The van der Waals surface area contributed by atoms with Crippen molar-refractivity contribution in [2.24, 2.45) is 5.92 Å². The maximum absolute atomic E-state index is 5.36. The zero-order valence-electron chi connectivity index (χ0n) is 14.4. The molecule has 0 amide bonds. The van der Waals surface area contributed by atoms with E-state index in [4.69, 9.17) is 4.74 Å². The fourth-order valence-corrected chi connectivity index (χ4v) is 3.56. The first-order valence-corrected chi connectivity index (χ1v) is 9.29. The summed E-state index contributed by atoms with van der Waals surface area (Å²) in [4.78, 5) is 0. The fourth-order valence-electron chi connectivity index (χ4n) is 3.56. The highest BCUT2D eigenvalue weighted by Gasteiger charge is 2.23. The Morgan fingerprint density at radius 1 is 0.955 bits per heavy atom. The number of hydrogen-bond acceptors (Lipinski definition) is 3. The van der Waals surface area contributed by atoms with Crippen LogP contribution in [0, 0.1) is 5.92 Å². The summed E-state index contributed by atoms with van der Waals surface area (Å²) >= 11 is 0. The van der Waals surface area contributed by atoms with Gasteiger partial charge in [0.1, 0.15) is 0 Å². The summed E-state index contributed by atoms with van der Waals surface area (Å²) in [6.07, 6.45) is 13.8. The van der Waals surface area contributed by atoms with Crippen LogP contribution >= 0.6 is 0 Å².